The third-order valence-corrected chi connectivity index (χ3v) is 7.48. The van der Waals surface area contributed by atoms with E-state index >= 15 is 0 Å². The van der Waals surface area contributed by atoms with Gasteiger partial charge >= 0.3 is 12.1 Å². The molecule has 3 atom stereocenters. The van der Waals surface area contributed by atoms with E-state index in [4.69, 9.17) is 14.2 Å². The van der Waals surface area contributed by atoms with Crippen LogP contribution in [0.3, 0.4) is 0 Å². The monoisotopic (exact) mass is 460 g/mol. The van der Waals surface area contributed by atoms with Gasteiger partial charge in [0.05, 0.1) is 20.8 Å². The fourth-order valence-electron chi connectivity index (χ4n) is 5.51. The van der Waals surface area contributed by atoms with Crippen molar-refractivity contribution in [1.82, 2.24) is 10.2 Å². The summed E-state index contributed by atoms with van der Waals surface area (Å²) in [5.41, 5.74) is 1.42. The minimum absolute atomic E-state index is 0.207. The zero-order valence-corrected chi connectivity index (χ0v) is 20.1. The summed E-state index contributed by atoms with van der Waals surface area (Å²) in [7, 11) is 3.31. The highest BCUT2D eigenvalue weighted by atomic mass is 16.5. The van der Waals surface area contributed by atoms with Crippen LogP contribution in [-0.2, 0) is 16.0 Å². The summed E-state index contributed by atoms with van der Waals surface area (Å²) >= 11 is 0. The molecule has 0 bridgehead atoms. The quantitative estimate of drug-likeness (QED) is 0.611. The number of hydrogen-bond donors (Lipinski definition) is 2. The summed E-state index contributed by atoms with van der Waals surface area (Å²) in [6, 6.07) is 4.43. The van der Waals surface area contributed by atoms with E-state index in [0.29, 0.717) is 31.3 Å². The molecular weight excluding hydrogens is 424 g/mol. The summed E-state index contributed by atoms with van der Waals surface area (Å²) in [6.45, 7) is 6.71. The number of ether oxygens (including phenoxy) is 3. The Kier molecular flexibility index (Phi) is 6.75. The Labute approximate surface area is 195 Å². The molecule has 8 heteroatoms. The number of carboxylic acids is 1. The van der Waals surface area contributed by atoms with E-state index in [1.165, 1.54) is 11.1 Å². The number of fused-ring (bicyclic) bond motifs is 3. The number of aliphatic carboxylic acids is 1. The standard InChI is InChI=1S/C25H36N2O6/c1-15(2)9-17-13-27-8-5-16-11-21(31-3)22(32-4)12-19(16)20(27)10-18(17)14-33-24(30)26-25(6-7-25)23(28)29/h11-12,15,17-18,20H,5-10,13-14H2,1-4H3,(H,26,30)(H,28,29)/t17-,18+,20-/m1/s1. The minimum Gasteiger partial charge on any atom is -0.493 e. The number of piperidine rings is 1. The molecule has 1 aromatic carbocycles. The van der Waals surface area contributed by atoms with Crippen LogP contribution >= 0.6 is 0 Å². The number of amides is 1. The van der Waals surface area contributed by atoms with E-state index in [2.05, 4.69) is 36.2 Å². The maximum Gasteiger partial charge on any atom is 0.408 e. The van der Waals surface area contributed by atoms with Gasteiger partial charge in [-0.2, -0.15) is 0 Å². The van der Waals surface area contributed by atoms with Crippen molar-refractivity contribution in [1.29, 1.82) is 0 Å². The van der Waals surface area contributed by atoms with Crippen LogP contribution in [0, 0.1) is 17.8 Å². The van der Waals surface area contributed by atoms with E-state index in [1.54, 1.807) is 14.2 Å². The molecule has 2 N–H and O–H groups in total. The molecule has 1 saturated carbocycles. The molecule has 2 aliphatic heterocycles. The predicted octanol–water partition coefficient (Wildman–Crippen LogP) is 3.63. The molecule has 0 spiro atoms. The van der Waals surface area contributed by atoms with Crippen LogP contribution in [0.25, 0.3) is 0 Å². The van der Waals surface area contributed by atoms with Crippen molar-refractivity contribution in [2.75, 3.05) is 33.9 Å². The summed E-state index contributed by atoms with van der Waals surface area (Å²) < 4.78 is 16.7. The van der Waals surface area contributed by atoms with Crippen LogP contribution in [-0.4, -0.2) is 61.5 Å². The summed E-state index contributed by atoms with van der Waals surface area (Å²) in [4.78, 5) is 26.3. The number of carbonyl (C=O) groups is 2. The van der Waals surface area contributed by atoms with Gasteiger partial charge in [-0.15, -0.1) is 0 Å². The van der Waals surface area contributed by atoms with Crippen molar-refractivity contribution in [3.63, 3.8) is 0 Å². The van der Waals surface area contributed by atoms with Crippen molar-refractivity contribution >= 4 is 12.1 Å². The molecule has 33 heavy (non-hydrogen) atoms. The predicted molar refractivity (Wildman–Crippen MR) is 123 cm³/mol. The molecule has 182 valence electrons. The lowest BCUT2D eigenvalue weighted by molar-refractivity contribution is -0.140. The zero-order chi connectivity index (χ0) is 23.8. The first-order valence-corrected chi connectivity index (χ1v) is 11.9. The van der Waals surface area contributed by atoms with Gasteiger partial charge in [0.2, 0.25) is 0 Å². The maximum absolute atomic E-state index is 12.4. The highest BCUT2D eigenvalue weighted by molar-refractivity contribution is 5.87. The number of benzene rings is 1. The van der Waals surface area contributed by atoms with Gasteiger partial charge in [-0.05, 0) is 73.1 Å². The SMILES string of the molecule is COc1cc2c(cc1OC)[C@H]1C[C@@H](COC(=O)NC3(C(=O)O)CC3)[C@H](CC(C)C)CN1CC2. The van der Waals surface area contributed by atoms with E-state index in [-0.39, 0.29) is 12.0 Å². The molecule has 1 aliphatic carbocycles. The molecule has 1 amide bonds. The van der Waals surface area contributed by atoms with E-state index in [0.717, 1.165) is 43.9 Å². The first-order valence-electron chi connectivity index (χ1n) is 11.9. The van der Waals surface area contributed by atoms with E-state index in [1.807, 2.05) is 0 Å². The molecule has 1 saturated heterocycles. The lowest BCUT2D eigenvalue weighted by atomic mass is 9.74. The zero-order valence-electron chi connectivity index (χ0n) is 20.1. The molecule has 3 aliphatic rings. The van der Waals surface area contributed by atoms with Crippen molar-refractivity contribution in [3.05, 3.63) is 23.3 Å². The van der Waals surface area contributed by atoms with Gasteiger partial charge < -0.3 is 24.6 Å². The van der Waals surface area contributed by atoms with Gasteiger partial charge in [-0.3, -0.25) is 4.90 Å². The topological polar surface area (TPSA) is 97.3 Å². The normalized spacial score (nSPS) is 25.5. The first-order chi connectivity index (χ1) is 15.8. The van der Waals surface area contributed by atoms with Crippen molar-refractivity contribution < 1.29 is 28.9 Å². The van der Waals surface area contributed by atoms with Crippen LogP contribution in [0.1, 0.15) is 56.7 Å². The summed E-state index contributed by atoms with van der Waals surface area (Å²) in [6.07, 6.45) is 3.21. The van der Waals surface area contributed by atoms with Crippen molar-refractivity contribution in [2.45, 2.75) is 57.5 Å². The third kappa shape index (κ3) is 4.90. The van der Waals surface area contributed by atoms with Crippen molar-refractivity contribution in [2.24, 2.45) is 17.8 Å². The molecule has 1 aromatic rings. The number of alkyl carbamates (subject to hydrolysis) is 1. The number of rotatable bonds is 8. The second-order valence-electron chi connectivity index (χ2n) is 10.2. The molecule has 2 fully saturated rings. The van der Waals surface area contributed by atoms with Crippen LogP contribution in [0.5, 0.6) is 11.5 Å². The highest BCUT2D eigenvalue weighted by Crippen LogP contribution is 2.45. The Hall–Kier alpha value is -2.48. The number of carbonyl (C=O) groups excluding carboxylic acids is 1. The van der Waals surface area contributed by atoms with Gasteiger partial charge in [0.15, 0.2) is 11.5 Å². The number of nitrogens with zero attached hydrogens (tertiary/aromatic N) is 1. The van der Waals surface area contributed by atoms with Gasteiger partial charge in [0.25, 0.3) is 0 Å². The van der Waals surface area contributed by atoms with Gasteiger partial charge in [-0.1, -0.05) is 13.8 Å². The Morgan fingerprint density at radius 2 is 1.88 bits per heavy atom. The third-order valence-electron chi connectivity index (χ3n) is 7.48. The fourth-order valence-corrected chi connectivity index (χ4v) is 5.51. The second kappa shape index (κ2) is 9.41. The highest BCUT2D eigenvalue weighted by Gasteiger charge is 2.52. The average molecular weight is 461 g/mol. The maximum atomic E-state index is 12.4. The number of carboxylic acid groups (broad SMARTS) is 1. The largest absolute Gasteiger partial charge is 0.493 e. The van der Waals surface area contributed by atoms with Gasteiger partial charge in [0.1, 0.15) is 5.54 Å². The van der Waals surface area contributed by atoms with Crippen LogP contribution in [0.2, 0.25) is 0 Å². The molecule has 0 unspecified atom stereocenters. The molecule has 8 nitrogen and oxygen atoms in total. The number of methoxy groups -OCH3 is 2. The molecule has 4 rings (SSSR count). The Balaban J connectivity index is 1.50. The smallest absolute Gasteiger partial charge is 0.408 e. The van der Waals surface area contributed by atoms with E-state index in [9.17, 15) is 14.7 Å². The van der Waals surface area contributed by atoms with E-state index < -0.39 is 17.6 Å². The number of nitrogens with one attached hydrogen (secondary N) is 1. The molecule has 2 heterocycles. The van der Waals surface area contributed by atoms with Gasteiger partial charge in [0, 0.05) is 19.1 Å². The first kappa shape index (κ1) is 23.7. The van der Waals surface area contributed by atoms with Crippen LogP contribution in [0.4, 0.5) is 4.79 Å². The lowest BCUT2D eigenvalue weighted by Gasteiger charge is -2.47. The van der Waals surface area contributed by atoms with Crippen LogP contribution in [0.15, 0.2) is 12.1 Å². The summed E-state index contributed by atoms with van der Waals surface area (Å²) in [5.74, 6) is 1.67. The lowest BCUT2D eigenvalue weighted by Crippen LogP contribution is -2.48. The molecular formula is C25H36N2O6. The Morgan fingerprint density at radius 1 is 1.18 bits per heavy atom. The molecule has 0 radical (unpaired) electrons. The number of hydrogen-bond acceptors (Lipinski definition) is 6. The fraction of sp³-hybridized carbons (Fsp3) is 0.680. The Bertz CT molecular complexity index is 897. The minimum atomic E-state index is -1.13. The van der Waals surface area contributed by atoms with Crippen LogP contribution < -0.4 is 14.8 Å². The Morgan fingerprint density at radius 3 is 2.48 bits per heavy atom. The average Bonchev–Trinajstić information content (AvgIpc) is 3.57. The second-order valence-corrected chi connectivity index (χ2v) is 10.2. The molecule has 0 aromatic heterocycles. The van der Waals surface area contributed by atoms with Crippen molar-refractivity contribution in [3.8, 4) is 11.5 Å². The van der Waals surface area contributed by atoms with Gasteiger partial charge in [-0.25, -0.2) is 9.59 Å². The summed E-state index contributed by atoms with van der Waals surface area (Å²) in [5, 5.41) is 11.9.